The first-order valence-corrected chi connectivity index (χ1v) is 6.95. The Balaban J connectivity index is 1.87. The van der Waals surface area contributed by atoms with Crippen molar-refractivity contribution in [1.29, 1.82) is 0 Å². The highest BCUT2D eigenvalue weighted by Gasteiger charge is 2.10. The van der Waals surface area contributed by atoms with Crippen molar-refractivity contribution in [2.75, 3.05) is 13.7 Å². The van der Waals surface area contributed by atoms with Crippen molar-refractivity contribution in [3.63, 3.8) is 0 Å². The predicted octanol–water partition coefficient (Wildman–Crippen LogP) is 3.43. The second-order valence-corrected chi connectivity index (χ2v) is 4.98. The van der Waals surface area contributed by atoms with E-state index in [1.807, 2.05) is 31.2 Å². The van der Waals surface area contributed by atoms with Gasteiger partial charge in [-0.05, 0) is 43.7 Å². The van der Waals surface area contributed by atoms with Crippen molar-refractivity contribution in [1.82, 2.24) is 5.32 Å². The molecule has 112 valence electrons. The van der Waals surface area contributed by atoms with Gasteiger partial charge in [-0.15, -0.1) is 0 Å². The summed E-state index contributed by atoms with van der Waals surface area (Å²) in [5.74, 6) is 0.400. The molecule has 1 atom stereocenters. The smallest absolute Gasteiger partial charge is 0.126 e. The first kappa shape index (κ1) is 15.3. The van der Waals surface area contributed by atoms with Crippen LogP contribution in [0.5, 0.6) is 11.5 Å². The summed E-state index contributed by atoms with van der Waals surface area (Å²) >= 11 is 0. The Morgan fingerprint density at radius 3 is 2.52 bits per heavy atom. The monoisotopic (exact) mass is 289 g/mol. The summed E-state index contributed by atoms with van der Waals surface area (Å²) in [6, 6.07) is 12.0. The number of phenols is 1. The minimum atomic E-state index is -0.429. The molecule has 2 N–H and O–H groups in total. The molecule has 0 radical (unpaired) electrons. The fourth-order valence-electron chi connectivity index (χ4n) is 2.22. The Morgan fingerprint density at radius 2 is 1.90 bits per heavy atom. The van der Waals surface area contributed by atoms with Crippen molar-refractivity contribution in [3.8, 4) is 11.5 Å². The molecule has 0 aliphatic heterocycles. The van der Waals surface area contributed by atoms with E-state index in [0.29, 0.717) is 5.56 Å². The van der Waals surface area contributed by atoms with E-state index in [0.717, 1.165) is 24.8 Å². The molecule has 2 aromatic rings. The number of halogens is 1. The lowest BCUT2D eigenvalue weighted by Gasteiger charge is -2.15. The van der Waals surface area contributed by atoms with E-state index >= 15 is 0 Å². The Morgan fingerprint density at radius 1 is 1.19 bits per heavy atom. The van der Waals surface area contributed by atoms with Crippen molar-refractivity contribution in [2.24, 2.45) is 0 Å². The van der Waals surface area contributed by atoms with Gasteiger partial charge in [0, 0.05) is 17.7 Å². The lowest BCUT2D eigenvalue weighted by molar-refractivity contribution is 0.414. The number of methoxy groups -OCH3 is 1. The van der Waals surface area contributed by atoms with Crippen LogP contribution in [0.1, 0.15) is 24.1 Å². The zero-order valence-corrected chi connectivity index (χ0v) is 12.3. The normalized spacial score (nSPS) is 12.1. The molecular formula is C17H20FNO2. The third kappa shape index (κ3) is 4.20. The van der Waals surface area contributed by atoms with Crippen LogP contribution in [0.2, 0.25) is 0 Å². The van der Waals surface area contributed by atoms with Crippen LogP contribution in [0, 0.1) is 5.82 Å². The molecule has 0 heterocycles. The summed E-state index contributed by atoms with van der Waals surface area (Å²) in [5, 5.41) is 13.1. The van der Waals surface area contributed by atoms with E-state index in [-0.39, 0.29) is 11.8 Å². The SMILES string of the molecule is COc1ccc(CCNC(C)c2ccc(F)cc2O)cc1. The molecule has 0 spiro atoms. The molecule has 0 aliphatic carbocycles. The number of phenolic OH excluding ortho intramolecular Hbond substituents is 1. The molecule has 2 aromatic carbocycles. The fraction of sp³-hybridized carbons (Fsp3) is 0.294. The molecule has 0 fully saturated rings. The summed E-state index contributed by atoms with van der Waals surface area (Å²) in [5.41, 5.74) is 1.91. The standard InChI is InChI=1S/C17H20FNO2/c1-12(16-8-5-14(18)11-17(16)20)19-10-9-13-3-6-15(21-2)7-4-13/h3-8,11-12,19-20H,9-10H2,1-2H3. The van der Waals surface area contributed by atoms with Crippen LogP contribution in [0.15, 0.2) is 42.5 Å². The Labute approximate surface area is 124 Å². The van der Waals surface area contributed by atoms with E-state index < -0.39 is 5.82 Å². The van der Waals surface area contributed by atoms with Gasteiger partial charge in [-0.1, -0.05) is 18.2 Å². The molecule has 1 unspecified atom stereocenters. The summed E-state index contributed by atoms with van der Waals surface area (Å²) in [6.07, 6.45) is 0.871. The Bertz CT molecular complexity index is 584. The van der Waals surface area contributed by atoms with E-state index in [1.54, 1.807) is 13.2 Å². The summed E-state index contributed by atoms with van der Waals surface area (Å²) in [4.78, 5) is 0. The summed E-state index contributed by atoms with van der Waals surface area (Å²) in [7, 11) is 1.65. The van der Waals surface area contributed by atoms with E-state index in [4.69, 9.17) is 4.74 Å². The van der Waals surface area contributed by atoms with Gasteiger partial charge in [-0.3, -0.25) is 0 Å². The number of aromatic hydroxyl groups is 1. The summed E-state index contributed by atoms with van der Waals surface area (Å²) < 4.78 is 18.1. The van der Waals surface area contributed by atoms with Gasteiger partial charge in [0.25, 0.3) is 0 Å². The molecule has 2 rings (SSSR count). The van der Waals surface area contributed by atoms with Gasteiger partial charge in [0.15, 0.2) is 0 Å². The van der Waals surface area contributed by atoms with Crippen molar-refractivity contribution in [3.05, 3.63) is 59.4 Å². The Kier molecular flexibility index (Phi) is 5.17. The van der Waals surface area contributed by atoms with Crippen LogP contribution in [0.3, 0.4) is 0 Å². The molecule has 21 heavy (non-hydrogen) atoms. The van der Waals surface area contributed by atoms with Crippen molar-refractivity contribution in [2.45, 2.75) is 19.4 Å². The van der Waals surface area contributed by atoms with Crippen LogP contribution < -0.4 is 10.1 Å². The van der Waals surface area contributed by atoms with Gasteiger partial charge in [-0.2, -0.15) is 0 Å². The van der Waals surface area contributed by atoms with Crippen LogP contribution in [-0.2, 0) is 6.42 Å². The van der Waals surface area contributed by atoms with Crippen molar-refractivity contribution >= 4 is 0 Å². The topological polar surface area (TPSA) is 41.5 Å². The van der Waals surface area contributed by atoms with Crippen LogP contribution >= 0.6 is 0 Å². The minimum Gasteiger partial charge on any atom is -0.508 e. The molecule has 0 saturated carbocycles. The van der Waals surface area contributed by atoms with Gasteiger partial charge < -0.3 is 15.2 Å². The maximum atomic E-state index is 13.0. The van der Waals surface area contributed by atoms with Gasteiger partial charge in [0.1, 0.15) is 17.3 Å². The Hall–Kier alpha value is -2.07. The molecule has 0 bridgehead atoms. The van der Waals surface area contributed by atoms with Gasteiger partial charge in [0.05, 0.1) is 7.11 Å². The lowest BCUT2D eigenvalue weighted by Crippen LogP contribution is -2.21. The van der Waals surface area contributed by atoms with Crippen LogP contribution in [0.4, 0.5) is 4.39 Å². The molecular weight excluding hydrogens is 269 g/mol. The first-order valence-electron chi connectivity index (χ1n) is 6.95. The molecule has 3 nitrogen and oxygen atoms in total. The zero-order valence-electron chi connectivity index (χ0n) is 12.3. The van der Waals surface area contributed by atoms with E-state index in [9.17, 15) is 9.50 Å². The predicted molar refractivity (Wildman–Crippen MR) is 81.2 cm³/mol. The highest BCUT2D eigenvalue weighted by Crippen LogP contribution is 2.24. The number of nitrogens with one attached hydrogen (secondary N) is 1. The van der Waals surface area contributed by atoms with Crippen molar-refractivity contribution < 1.29 is 14.2 Å². The fourth-order valence-corrected chi connectivity index (χ4v) is 2.22. The van der Waals surface area contributed by atoms with Gasteiger partial charge >= 0.3 is 0 Å². The minimum absolute atomic E-state index is 0.0144. The average Bonchev–Trinajstić information content (AvgIpc) is 2.47. The second-order valence-electron chi connectivity index (χ2n) is 4.98. The van der Waals surface area contributed by atoms with E-state index in [1.165, 1.54) is 11.6 Å². The number of ether oxygens (including phenoxy) is 1. The average molecular weight is 289 g/mol. The molecule has 0 aliphatic rings. The number of hydrogen-bond donors (Lipinski definition) is 2. The number of hydrogen-bond acceptors (Lipinski definition) is 3. The second kappa shape index (κ2) is 7.09. The zero-order chi connectivity index (χ0) is 15.2. The van der Waals surface area contributed by atoms with Gasteiger partial charge in [0.2, 0.25) is 0 Å². The molecule has 4 heteroatoms. The van der Waals surface area contributed by atoms with Crippen LogP contribution in [-0.4, -0.2) is 18.8 Å². The molecule has 0 aromatic heterocycles. The maximum Gasteiger partial charge on any atom is 0.126 e. The molecule has 0 saturated heterocycles. The third-order valence-corrected chi connectivity index (χ3v) is 3.48. The quantitative estimate of drug-likeness (QED) is 0.856. The largest absolute Gasteiger partial charge is 0.508 e. The maximum absolute atomic E-state index is 13.0. The first-order chi connectivity index (χ1) is 10.1. The highest BCUT2D eigenvalue weighted by atomic mass is 19.1. The third-order valence-electron chi connectivity index (χ3n) is 3.48. The number of rotatable bonds is 6. The van der Waals surface area contributed by atoms with E-state index in [2.05, 4.69) is 5.32 Å². The van der Waals surface area contributed by atoms with Crippen LogP contribution in [0.25, 0.3) is 0 Å². The lowest BCUT2D eigenvalue weighted by atomic mass is 10.1. The number of benzene rings is 2. The molecule has 0 amide bonds. The highest BCUT2D eigenvalue weighted by molar-refractivity contribution is 5.35. The summed E-state index contributed by atoms with van der Waals surface area (Å²) in [6.45, 7) is 2.71. The van der Waals surface area contributed by atoms with Gasteiger partial charge in [-0.25, -0.2) is 4.39 Å².